The second kappa shape index (κ2) is 6.00. The summed E-state index contributed by atoms with van der Waals surface area (Å²) in [6.45, 7) is 6.16. The fraction of sp³-hybridized carbons (Fsp3) is 0.429. The van der Waals surface area contributed by atoms with E-state index in [1.165, 1.54) is 16.7 Å². The van der Waals surface area contributed by atoms with Crippen molar-refractivity contribution in [2.75, 3.05) is 6.61 Å². The molecule has 1 heterocycles. The number of hydrogen-bond donors (Lipinski definition) is 1. The standard InChI is InChI=1S/C14H18FN3O2/c1-4-12(20-5-2)13-16-17-14(19)18(13)11-8-10(15)7-6-9(11)3/h6-8,12H,4-5H2,1-3H3,(H,17,19)/t12-/m1/s1. The maximum absolute atomic E-state index is 13.5. The summed E-state index contributed by atoms with van der Waals surface area (Å²) in [4.78, 5) is 12.0. The fourth-order valence-corrected chi connectivity index (χ4v) is 2.16. The average Bonchev–Trinajstić information content (AvgIpc) is 2.80. The first kappa shape index (κ1) is 14.5. The fourth-order valence-electron chi connectivity index (χ4n) is 2.16. The molecule has 6 heteroatoms. The highest BCUT2D eigenvalue weighted by atomic mass is 19.1. The van der Waals surface area contributed by atoms with Gasteiger partial charge in [-0.1, -0.05) is 13.0 Å². The van der Waals surface area contributed by atoms with Gasteiger partial charge in [0.05, 0.1) is 5.69 Å². The van der Waals surface area contributed by atoms with Crippen LogP contribution < -0.4 is 5.69 Å². The molecule has 0 saturated heterocycles. The molecule has 0 aliphatic carbocycles. The van der Waals surface area contributed by atoms with Gasteiger partial charge in [-0.2, -0.15) is 5.10 Å². The molecular weight excluding hydrogens is 261 g/mol. The van der Waals surface area contributed by atoms with E-state index < -0.39 is 11.5 Å². The van der Waals surface area contributed by atoms with Crippen LogP contribution in [0.2, 0.25) is 0 Å². The van der Waals surface area contributed by atoms with Crippen LogP contribution in [0.1, 0.15) is 37.8 Å². The van der Waals surface area contributed by atoms with Crippen LogP contribution in [-0.4, -0.2) is 21.4 Å². The molecule has 0 amide bonds. The largest absolute Gasteiger partial charge is 0.370 e. The van der Waals surface area contributed by atoms with Crippen molar-refractivity contribution in [3.05, 3.63) is 45.9 Å². The predicted octanol–water partition coefficient (Wildman–Crippen LogP) is 2.50. The molecule has 1 N–H and O–H groups in total. The SMILES string of the molecule is CCO[C@H](CC)c1n[nH]c(=O)n1-c1cc(F)ccc1C. The van der Waals surface area contributed by atoms with E-state index in [1.807, 2.05) is 20.8 Å². The lowest BCUT2D eigenvalue weighted by Crippen LogP contribution is -2.20. The van der Waals surface area contributed by atoms with Crippen LogP contribution in [0.15, 0.2) is 23.0 Å². The zero-order chi connectivity index (χ0) is 14.7. The van der Waals surface area contributed by atoms with E-state index in [0.29, 0.717) is 24.5 Å². The van der Waals surface area contributed by atoms with Crippen molar-refractivity contribution in [3.63, 3.8) is 0 Å². The monoisotopic (exact) mass is 279 g/mol. The maximum Gasteiger partial charge on any atom is 0.348 e. The maximum atomic E-state index is 13.5. The number of hydrogen-bond acceptors (Lipinski definition) is 3. The summed E-state index contributed by atoms with van der Waals surface area (Å²) >= 11 is 0. The lowest BCUT2D eigenvalue weighted by Gasteiger charge is -2.16. The molecule has 0 radical (unpaired) electrons. The van der Waals surface area contributed by atoms with Crippen LogP contribution in [-0.2, 0) is 4.74 Å². The quantitative estimate of drug-likeness (QED) is 0.914. The van der Waals surface area contributed by atoms with Gasteiger partial charge in [0.2, 0.25) is 0 Å². The van der Waals surface area contributed by atoms with Gasteiger partial charge in [-0.15, -0.1) is 0 Å². The smallest absolute Gasteiger partial charge is 0.348 e. The van der Waals surface area contributed by atoms with Gasteiger partial charge in [-0.3, -0.25) is 0 Å². The molecule has 0 bridgehead atoms. The Labute approximate surface area is 116 Å². The van der Waals surface area contributed by atoms with Gasteiger partial charge in [-0.25, -0.2) is 18.9 Å². The first-order chi connectivity index (χ1) is 9.58. The minimum atomic E-state index is -0.396. The number of nitrogens with one attached hydrogen (secondary N) is 1. The molecule has 0 saturated carbocycles. The highest BCUT2D eigenvalue weighted by Gasteiger charge is 2.20. The van der Waals surface area contributed by atoms with Crippen molar-refractivity contribution in [3.8, 4) is 5.69 Å². The number of rotatable bonds is 5. The topological polar surface area (TPSA) is 59.9 Å². The molecular formula is C14H18FN3O2. The summed E-state index contributed by atoms with van der Waals surface area (Å²) in [5, 5.41) is 6.44. The lowest BCUT2D eigenvalue weighted by atomic mass is 10.2. The number of aryl methyl sites for hydroxylation is 1. The van der Waals surface area contributed by atoms with E-state index in [-0.39, 0.29) is 6.10 Å². The molecule has 2 rings (SSSR count). The Hall–Kier alpha value is -1.95. The third-order valence-corrected chi connectivity index (χ3v) is 3.14. The summed E-state index contributed by atoms with van der Waals surface area (Å²) < 4.78 is 20.4. The van der Waals surface area contributed by atoms with Crippen LogP contribution in [0.4, 0.5) is 4.39 Å². The Balaban J connectivity index is 2.59. The number of H-pyrrole nitrogens is 1. The Morgan fingerprint density at radius 3 is 2.85 bits per heavy atom. The van der Waals surface area contributed by atoms with Gasteiger partial charge in [-0.05, 0) is 38.0 Å². The van der Waals surface area contributed by atoms with Crippen molar-refractivity contribution in [2.24, 2.45) is 0 Å². The Bertz CT molecular complexity index is 648. The molecule has 2 aromatic rings. The van der Waals surface area contributed by atoms with Crippen LogP contribution in [0, 0.1) is 12.7 Å². The molecule has 1 aromatic heterocycles. The zero-order valence-corrected chi connectivity index (χ0v) is 11.8. The van der Waals surface area contributed by atoms with Gasteiger partial charge >= 0.3 is 5.69 Å². The molecule has 5 nitrogen and oxygen atoms in total. The highest BCUT2D eigenvalue weighted by Crippen LogP contribution is 2.22. The van der Waals surface area contributed by atoms with Crippen LogP contribution >= 0.6 is 0 Å². The number of nitrogens with zero attached hydrogens (tertiary/aromatic N) is 2. The molecule has 0 spiro atoms. The van der Waals surface area contributed by atoms with E-state index in [9.17, 15) is 9.18 Å². The number of ether oxygens (including phenoxy) is 1. The third kappa shape index (κ3) is 2.65. The molecule has 108 valence electrons. The summed E-state index contributed by atoms with van der Waals surface area (Å²) in [6.07, 6.45) is 0.369. The molecule has 20 heavy (non-hydrogen) atoms. The molecule has 0 fully saturated rings. The predicted molar refractivity (Wildman–Crippen MR) is 73.5 cm³/mol. The average molecular weight is 279 g/mol. The molecule has 0 aliphatic heterocycles. The van der Waals surface area contributed by atoms with E-state index >= 15 is 0 Å². The summed E-state index contributed by atoms with van der Waals surface area (Å²) in [5.41, 5.74) is 0.881. The van der Waals surface area contributed by atoms with E-state index in [2.05, 4.69) is 10.2 Å². The van der Waals surface area contributed by atoms with E-state index in [0.717, 1.165) is 5.56 Å². The van der Waals surface area contributed by atoms with Gasteiger partial charge in [0.1, 0.15) is 11.9 Å². The molecule has 1 aromatic carbocycles. The number of benzene rings is 1. The van der Waals surface area contributed by atoms with E-state index in [1.54, 1.807) is 6.07 Å². The normalized spacial score (nSPS) is 12.6. The lowest BCUT2D eigenvalue weighted by molar-refractivity contribution is 0.0521. The van der Waals surface area contributed by atoms with Crippen LogP contribution in [0.25, 0.3) is 5.69 Å². The second-order valence-corrected chi connectivity index (χ2v) is 4.51. The van der Waals surface area contributed by atoms with Gasteiger partial charge in [0, 0.05) is 6.61 Å². The van der Waals surface area contributed by atoms with Crippen molar-refractivity contribution >= 4 is 0 Å². The van der Waals surface area contributed by atoms with Gasteiger partial charge < -0.3 is 4.74 Å². The minimum Gasteiger partial charge on any atom is -0.370 e. The summed E-state index contributed by atoms with van der Waals surface area (Å²) in [6, 6.07) is 4.33. The highest BCUT2D eigenvalue weighted by molar-refractivity contribution is 5.41. The molecule has 1 atom stereocenters. The van der Waals surface area contributed by atoms with Crippen LogP contribution in [0.5, 0.6) is 0 Å². The Kier molecular flexibility index (Phi) is 4.34. The van der Waals surface area contributed by atoms with Crippen molar-refractivity contribution in [2.45, 2.75) is 33.3 Å². The van der Waals surface area contributed by atoms with E-state index in [4.69, 9.17) is 4.74 Å². The number of aromatic nitrogens is 3. The van der Waals surface area contributed by atoms with Crippen LogP contribution in [0.3, 0.4) is 0 Å². The number of halogens is 1. The van der Waals surface area contributed by atoms with Gasteiger partial charge in [0.15, 0.2) is 5.82 Å². The Morgan fingerprint density at radius 2 is 2.20 bits per heavy atom. The summed E-state index contributed by atoms with van der Waals surface area (Å²) in [7, 11) is 0. The van der Waals surface area contributed by atoms with Gasteiger partial charge in [0.25, 0.3) is 0 Å². The first-order valence-corrected chi connectivity index (χ1v) is 6.63. The summed E-state index contributed by atoms with van der Waals surface area (Å²) in [5.74, 6) is 0.0714. The Morgan fingerprint density at radius 1 is 1.45 bits per heavy atom. The number of aromatic amines is 1. The molecule has 0 unspecified atom stereocenters. The second-order valence-electron chi connectivity index (χ2n) is 4.51. The third-order valence-electron chi connectivity index (χ3n) is 3.14. The first-order valence-electron chi connectivity index (χ1n) is 6.63. The molecule has 0 aliphatic rings. The zero-order valence-electron chi connectivity index (χ0n) is 11.8. The minimum absolute atomic E-state index is 0.304. The van der Waals surface area contributed by atoms with Crippen molar-refractivity contribution < 1.29 is 9.13 Å². The van der Waals surface area contributed by atoms with Crippen molar-refractivity contribution in [1.82, 2.24) is 14.8 Å². The van der Waals surface area contributed by atoms with Crippen molar-refractivity contribution in [1.29, 1.82) is 0 Å².